The molecule has 1 aromatic rings. The van der Waals surface area contributed by atoms with E-state index < -0.39 is 0 Å². The second-order valence-electron chi connectivity index (χ2n) is 4.94. The minimum absolute atomic E-state index is 0.0331. The summed E-state index contributed by atoms with van der Waals surface area (Å²) < 4.78 is 12.8. The summed E-state index contributed by atoms with van der Waals surface area (Å²) in [5, 5.41) is 5.97. The molecule has 0 fully saturated rings. The Morgan fingerprint density at radius 1 is 1.42 bits per heavy atom. The SMILES string of the molecule is CCC(NCC(=O)NCC(C)C)c1ccc(F)cn1. The lowest BCUT2D eigenvalue weighted by molar-refractivity contribution is -0.120. The van der Waals surface area contributed by atoms with Crippen molar-refractivity contribution in [3.8, 4) is 0 Å². The van der Waals surface area contributed by atoms with Gasteiger partial charge < -0.3 is 10.6 Å². The Morgan fingerprint density at radius 2 is 2.16 bits per heavy atom. The molecule has 5 heteroatoms. The van der Waals surface area contributed by atoms with Crippen molar-refractivity contribution in [2.45, 2.75) is 33.2 Å². The van der Waals surface area contributed by atoms with Crippen LogP contribution in [0.4, 0.5) is 4.39 Å². The van der Waals surface area contributed by atoms with E-state index in [-0.39, 0.29) is 24.3 Å². The molecule has 1 atom stereocenters. The van der Waals surface area contributed by atoms with E-state index in [4.69, 9.17) is 0 Å². The van der Waals surface area contributed by atoms with Crippen LogP contribution in [0.1, 0.15) is 38.9 Å². The summed E-state index contributed by atoms with van der Waals surface area (Å²) in [7, 11) is 0. The fraction of sp³-hybridized carbons (Fsp3) is 0.571. The van der Waals surface area contributed by atoms with Gasteiger partial charge in [0.15, 0.2) is 0 Å². The van der Waals surface area contributed by atoms with Crippen molar-refractivity contribution in [1.82, 2.24) is 15.6 Å². The molecule has 0 aliphatic rings. The quantitative estimate of drug-likeness (QED) is 0.795. The van der Waals surface area contributed by atoms with Gasteiger partial charge in [0.2, 0.25) is 5.91 Å². The third-order valence-corrected chi connectivity index (χ3v) is 2.73. The van der Waals surface area contributed by atoms with E-state index >= 15 is 0 Å². The highest BCUT2D eigenvalue weighted by Gasteiger charge is 2.12. The third-order valence-electron chi connectivity index (χ3n) is 2.73. The number of amides is 1. The summed E-state index contributed by atoms with van der Waals surface area (Å²) in [5.74, 6) is 0.0484. The summed E-state index contributed by atoms with van der Waals surface area (Å²) >= 11 is 0. The molecule has 0 saturated heterocycles. The fourth-order valence-electron chi connectivity index (χ4n) is 1.65. The van der Waals surface area contributed by atoms with Crippen LogP contribution in [0.3, 0.4) is 0 Å². The number of carbonyl (C=O) groups excluding carboxylic acids is 1. The van der Waals surface area contributed by atoms with E-state index in [1.54, 1.807) is 6.07 Å². The van der Waals surface area contributed by atoms with Crippen LogP contribution in [0.2, 0.25) is 0 Å². The fourth-order valence-corrected chi connectivity index (χ4v) is 1.65. The van der Waals surface area contributed by atoms with Crippen LogP contribution < -0.4 is 10.6 Å². The first-order valence-electron chi connectivity index (χ1n) is 6.64. The molecule has 0 aliphatic carbocycles. The minimum Gasteiger partial charge on any atom is -0.355 e. The number of nitrogens with one attached hydrogen (secondary N) is 2. The number of nitrogens with zero attached hydrogens (tertiary/aromatic N) is 1. The molecule has 19 heavy (non-hydrogen) atoms. The molecule has 106 valence electrons. The number of hydrogen-bond acceptors (Lipinski definition) is 3. The van der Waals surface area contributed by atoms with Gasteiger partial charge >= 0.3 is 0 Å². The van der Waals surface area contributed by atoms with Crippen molar-refractivity contribution in [1.29, 1.82) is 0 Å². The topological polar surface area (TPSA) is 54.0 Å². The van der Waals surface area contributed by atoms with Crippen LogP contribution in [0.5, 0.6) is 0 Å². The first-order chi connectivity index (χ1) is 9.02. The molecule has 1 amide bonds. The maximum absolute atomic E-state index is 12.8. The van der Waals surface area contributed by atoms with Gasteiger partial charge in [-0.2, -0.15) is 0 Å². The molecule has 1 aromatic heterocycles. The zero-order chi connectivity index (χ0) is 14.3. The van der Waals surface area contributed by atoms with Crippen molar-refractivity contribution >= 4 is 5.91 Å². The van der Waals surface area contributed by atoms with Gasteiger partial charge in [0.25, 0.3) is 0 Å². The van der Waals surface area contributed by atoms with E-state index in [2.05, 4.69) is 15.6 Å². The molecule has 0 radical (unpaired) electrons. The van der Waals surface area contributed by atoms with Gasteiger partial charge in [0.05, 0.1) is 18.4 Å². The predicted octanol–water partition coefficient (Wildman–Crippen LogP) is 2.03. The Morgan fingerprint density at radius 3 is 2.68 bits per heavy atom. The number of carbonyl (C=O) groups is 1. The van der Waals surface area contributed by atoms with Crippen LogP contribution in [0.25, 0.3) is 0 Å². The lowest BCUT2D eigenvalue weighted by Crippen LogP contribution is -2.37. The van der Waals surface area contributed by atoms with E-state index in [0.717, 1.165) is 12.1 Å². The maximum Gasteiger partial charge on any atom is 0.233 e. The van der Waals surface area contributed by atoms with Gasteiger partial charge in [-0.25, -0.2) is 4.39 Å². The average molecular weight is 267 g/mol. The first-order valence-corrected chi connectivity index (χ1v) is 6.64. The molecule has 4 nitrogen and oxygen atoms in total. The molecule has 0 saturated carbocycles. The summed E-state index contributed by atoms with van der Waals surface area (Å²) in [5.41, 5.74) is 0.751. The standard InChI is InChI=1S/C14H22FN3O/c1-4-12(13-6-5-11(15)8-16-13)17-9-14(19)18-7-10(2)3/h5-6,8,10,12,17H,4,7,9H2,1-3H3,(H,18,19). The molecular weight excluding hydrogens is 245 g/mol. The lowest BCUT2D eigenvalue weighted by atomic mass is 10.1. The Kier molecular flexibility index (Phi) is 6.42. The van der Waals surface area contributed by atoms with Gasteiger partial charge in [-0.1, -0.05) is 20.8 Å². The van der Waals surface area contributed by atoms with Crippen LogP contribution >= 0.6 is 0 Å². The smallest absolute Gasteiger partial charge is 0.233 e. The molecule has 0 bridgehead atoms. The van der Waals surface area contributed by atoms with Gasteiger partial charge in [-0.3, -0.25) is 9.78 Å². The number of halogens is 1. The molecule has 1 unspecified atom stereocenters. The molecule has 0 spiro atoms. The van der Waals surface area contributed by atoms with E-state index in [1.807, 2.05) is 20.8 Å². The van der Waals surface area contributed by atoms with Gasteiger partial charge in [-0.05, 0) is 24.5 Å². The maximum atomic E-state index is 12.8. The predicted molar refractivity (Wildman–Crippen MR) is 73.1 cm³/mol. The normalized spacial score (nSPS) is 12.5. The number of aromatic nitrogens is 1. The van der Waals surface area contributed by atoms with Crippen LogP contribution in [-0.4, -0.2) is 24.0 Å². The first kappa shape index (κ1) is 15.6. The summed E-state index contributed by atoms with van der Waals surface area (Å²) in [6.07, 6.45) is 1.98. The molecular formula is C14H22FN3O. The van der Waals surface area contributed by atoms with Crippen molar-refractivity contribution < 1.29 is 9.18 Å². The summed E-state index contributed by atoms with van der Waals surface area (Å²) in [6.45, 7) is 7.00. The Hall–Kier alpha value is -1.49. The highest BCUT2D eigenvalue weighted by Crippen LogP contribution is 2.13. The van der Waals surface area contributed by atoms with Crippen molar-refractivity contribution in [2.24, 2.45) is 5.92 Å². The van der Waals surface area contributed by atoms with Gasteiger partial charge in [0.1, 0.15) is 5.82 Å². The summed E-state index contributed by atoms with van der Waals surface area (Å²) in [6, 6.07) is 2.99. The average Bonchev–Trinajstić information content (AvgIpc) is 2.39. The van der Waals surface area contributed by atoms with Crippen molar-refractivity contribution in [3.63, 3.8) is 0 Å². The van der Waals surface area contributed by atoms with Crippen molar-refractivity contribution in [3.05, 3.63) is 29.8 Å². The van der Waals surface area contributed by atoms with Crippen LogP contribution in [0, 0.1) is 11.7 Å². The highest BCUT2D eigenvalue weighted by molar-refractivity contribution is 5.78. The second-order valence-corrected chi connectivity index (χ2v) is 4.94. The lowest BCUT2D eigenvalue weighted by Gasteiger charge is -2.16. The monoisotopic (exact) mass is 267 g/mol. The number of rotatable bonds is 7. The van der Waals surface area contributed by atoms with E-state index in [0.29, 0.717) is 12.5 Å². The van der Waals surface area contributed by atoms with Gasteiger partial charge in [0, 0.05) is 12.6 Å². The Balaban J connectivity index is 2.44. The van der Waals surface area contributed by atoms with E-state index in [1.165, 1.54) is 12.3 Å². The zero-order valence-corrected chi connectivity index (χ0v) is 11.7. The zero-order valence-electron chi connectivity index (χ0n) is 11.7. The van der Waals surface area contributed by atoms with Crippen LogP contribution in [-0.2, 0) is 4.79 Å². The molecule has 1 rings (SSSR count). The molecule has 2 N–H and O–H groups in total. The molecule has 0 aromatic carbocycles. The van der Waals surface area contributed by atoms with Crippen molar-refractivity contribution in [2.75, 3.05) is 13.1 Å². The Labute approximate surface area is 113 Å². The Bertz CT molecular complexity index is 392. The largest absolute Gasteiger partial charge is 0.355 e. The number of hydrogen-bond donors (Lipinski definition) is 2. The molecule has 0 aliphatic heterocycles. The van der Waals surface area contributed by atoms with Gasteiger partial charge in [-0.15, -0.1) is 0 Å². The van der Waals surface area contributed by atoms with Crippen LogP contribution in [0.15, 0.2) is 18.3 Å². The third kappa shape index (κ3) is 5.79. The number of pyridine rings is 1. The minimum atomic E-state index is -0.353. The highest BCUT2D eigenvalue weighted by atomic mass is 19.1. The summed E-state index contributed by atoms with van der Waals surface area (Å²) in [4.78, 5) is 15.6. The second kappa shape index (κ2) is 7.84. The van der Waals surface area contributed by atoms with E-state index in [9.17, 15) is 9.18 Å². The molecule has 1 heterocycles.